The van der Waals surface area contributed by atoms with Crippen molar-refractivity contribution in [1.29, 1.82) is 0 Å². The first-order valence-electron chi connectivity index (χ1n) is 6.21. The SMILES string of the molecule is CNCC(C)(C)N(C)Cc1ccc2ncoc2c1. The van der Waals surface area contributed by atoms with E-state index in [1.165, 1.54) is 12.0 Å². The van der Waals surface area contributed by atoms with Gasteiger partial charge in [0.2, 0.25) is 0 Å². The van der Waals surface area contributed by atoms with Crippen LogP contribution in [0.2, 0.25) is 0 Å². The summed E-state index contributed by atoms with van der Waals surface area (Å²) in [6, 6.07) is 6.18. The molecule has 0 amide bonds. The van der Waals surface area contributed by atoms with Gasteiger partial charge in [-0.3, -0.25) is 4.90 Å². The Bertz CT molecular complexity index is 518. The minimum Gasteiger partial charge on any atom is -0.443 e. The number of hydrogen-bond donors (Lipinski definition) is 1. The molecule has 0 saturated carbocycles. The lowest BCUT2D eigenvalue weighted by molar-refractivity contribution is 0.147. The van der Waals surface area contributed by atoms with Crippen LogP contribution in [0.4, 0.5) is 0 Å². The number of likely N-dealkylation sites (N-methyl/N-ethyl adjacent to an activating group) is 2. The zero-order valence-electron chi connectivity index (χ0n) is 11.5. The Labute approximate surface area is 108 Å². The van der Waals surface area contributed by atoms with Gasteiger partial charge in [-0.15, -0.1) is 0 Å². The topological polar surface area (TPSA) is 41.3 Å². The number of aromatic nitrogens is 1. The van der Waals surface area contributed by atoms with Crippen molar-refractivity contribution < 1.29 is 4.42 Å². The lowest BCUT2D eigenvalue weighted by Crippen LogP contribution is -2.47. The Hall–Kier alpha value is -1.39. The van der Waals surface area contributed by atoms with Crippen molar-refractivity contribution in [2.24, 2.45) is 0 Å². The van der Waals surface area contributed by atoms with Crippen LogP contribution in [-0.4, -0.2) is 36.1 Å². The maximum absolute atomic E-state index is 5.33. The summed E-state index contributed by atoms with van der Waals surface area (Å²) in [7, 11) is 4.12. The summed E-state index contributed by atoms with van der Waals surface area (Å²) in [4.78, 5) is 6.46. The predicted octanol–water partition coefficient (Wildman–Crippen LogP) is 2.26. The Morgan fingerprint density at radius 3 is 2.89 bits per heavy atom. The second-order valence-corrected chi connectivity index (χ2v) is 5.35. The summed E-state index contributed by atoms with van der Waals surface area (Å²) in [6.45, 7) is 6.31. The van der Waals surface area contributed by atoms with Gasteiger partial charge in [0, 0.05) is 18.6 Å². The van der Waals surface area contributed by atoms with Crippen molar-refractivity contribution in [3.8, 4) is 0 Å². The second-order valence-electron chi connectivity index (χ2n) is 5.35. The highest BCUT2D eigenvalue weighted by Gasteiger charge is 2.22. The predicted molar refractivity (Wildman–Crippen MR) is 73.5 cm³/mol. The van der Waals surface area contributed by atoms with E-state index in [2.05, 4.69) is 48.2 Å². The van der Waals surface area contributed by atoms with Crippen molar-refractivity contribution in [2.75, 3.05) is 20.6 Å². The molecule has 18 heavy (non-hydrogen) atoms. The van der Waals surface area contributed by atoms with Crippen LogP contribution in [0, 0.1) is 0 Å². The number of nitrogens with zero attached hydrogens (tertiary/aromatic N) is 2. The molecule has 0 aliphatic heterocycles. The molecule has 0 fully saturated rings. The first-order chi connectivity index (χ1) is 8.53. The van der Waals surface area contributed by atoms with E-state index in [0.717, 1.165) is 24.2 Å². The highest BCUT2D eigenvalue weighted by molar-refractivity contribution is 5.72. The third-order valence-corrected chi connectivity index (χ3v) is 3.46. The van der Waals surface area contributed by atoms with Gasteiger partial charge in [0.1, 0.15) is 5.52 Å². The van der Waals surface area contributed by atoms with E-state index in [-0.39, 0.29) is 5.54 Å². The molecule has 2 aromatic rings. The average molecular weight is 247 g/mol. The zero-order chi connectivity index (χ0) is 13.2. The fourth-order valence-corrected chi connectivity index (χ4v) is 2.05. The highest BCUT2D eigenvalue weighted by atomic mass is 16.3. The van der Waals surface area contributed by atoms with Crippen LogP contribution in [0.3, 0.4) is 0 Å². The summed E-state index contributed by atoms with van der Waals surface area (Å²) in [5.74, 6) is 0. The molecule has 0 radical (unpaired) electrons. The number of benzene rings is 1. The van der Waals surface area contributed by atoms with E-state index in [1.807, 2.05) is 13.1 Å². The van der Waals surface area contributed by atoms with Gasteiger partial charge in [-0.2, -0.15) is 0 Å². The standard InChI is InChI=1S/C14H21N3O/c1-14(2,9-15-3)17(4)8-11-5-6-12-13(7-11)18-10-16-12/h5-7,10,15H,8-9H2,1-4H3. The molecule has 0 aliphatic rings. The molecule has 0 unspecified atom stereocenters. The summed E-state index contributed by atoms with van der Waals surface area (Å²) < 4.78 is 5.33. The van der Waals surface area contributed by atoms with Crippen LogP contribution < -0.4 is 5.32 Å². The molecule has 0 atom stereocenters. The minimum absolute atomic E-state index is 0.116. The maximum Gasteiger partial charge on any atom is 0.181 e. The number of nitrogens with one attached hydrogen (secondary N) is 1. The highest BCUT2D eigenvalue weighted by Crippen LogP contribution is 2.19. The van der Waals surface area contributed by atoms with Gasteiger partial charge in [0.25, 0.3) is 0 Å². The largest absolute Gasteiger partial charge is 0.443 e. The van der Waals surface area contributed by atoms with Crippen LogP contribution in [0.5, 0.6) is 0 Å². The first kappa shape index (κ1) is 13.1. The number of oxazole rings is 1. The van der Waals surface area contributed by atoms with Gasteiger partial charge < -0.3 is 9.73 Å². The van der Waals surface area contributed by atoms with Crippen LogP contribution in [0.15, 0.2) is 29.0 Å². The van der Waals surface area contributed by atoms with Gasteiger partial charge in [-0.25, -0.2) is 4.98 Å². The van der Waals surface area contributed by atoms with Crippen LogP contribution >= 0.6 is 0 Å². The monoisotopic (exact) mass is 247 g/mol. The summed E-state index contributed by atoms with van der Waals surface area (Å²) in [6.07, 6.45) is 1.49. The molecule has 1 N–H and O–H groups in total. The van der Waals surface area contributed by atoms with Gasteiger partial charge in [-0.1, -0.05) is 6.07 Å². The smallest absolute Gasteiger partial charge is 0.181 e. The van der Waals surface area contributed by atoms with Crippen LogP contribution in [0.25, 0.3) is 11.1 Å². The number of hydrogen-bond acceptors (Lipinski definition) is 4. The fraction of sp³-hybridized carbons (Fsp3) is 0.500. The molecule has 98 valence electrons. The molecule has 2 rings (SSSR count). The Balaban J connectivity index is 2.12. The lowest BCUT2D eigenvalue weighted by Gasteiger charge is -2.35. The maximum atomic E-state index is 5.33. The van der Waals surface area contributed by atoms with E-state index in [4.69, 9.17) is 4.42 Å². The molecule has 0 spiro atoms. The molecule has 1 heterocycles. The molecular formula is C14H21N3O. The summed E-state index contributed by atoms with van der Waals surface area (Å²) >= 11 is 0. The Kier molecular flexibility index (Phi) is 3.68. The Morgan fingerprint density at radius 1 is 1.39 bits per heavy atom. The van der Waals surface area contributed by atoms with E-state index in [1.54, 1.807) is 0 Å². The van der Waals surface area contributed by atoms with Crippen molar-refractivity contribution in [3.05, 3.63) is 30.2 Å². The van der Waals surface area contributed by atoms with Crippen molar-refractivity contribution in [2.45, 2.75) is 25.9 Å². The summed E-state index contributed by atoms with van der Waals surface area (Å²) in [5, 5.41) is 3.23. The van der Waals surface area contributed by atoms with E-state index in [0.29, 0.717) is 0 Å². The molecule has 1 aromatic carbocycles. The third-order valence-electron chi connectivity index (χ3n) is 3.46. The molecular weight excluding hydrogens is 226 g/mol. The fourth-order valence-electron chi connectivity index (χ4n) is 2.05. The van der Waals surface area contributed by atoms with Gasteiger partial charge in [0.05, 0.1) is 0 Å². The van der Waals surface area contributed by atoms with Gasteiger partial charge in [-0.05, 0) is 45.6 Å². The average Bonchev–Trinajstić information content (AvgIpc) is 2.76. The number of fused-ring (bicyclic) bond motifs is 1. The van der Waals surface area contributed by atoms with Crippen molar-refractivity contribution in [3.63, 3.8) is 0 Å². The summed E-state index contributed by atoms with van der Waals surface area (Å²) in [5.41, 5.74) is 3.12. The van der Waals surface area contributed by atoms with Crippen molar-refractivity contribution in [1.82, 2.24) is 15.2 Å². The van der Waals surface area contributed by atoms with Crippen molar-refractivity contribution >= 4 is 11.1 Å². The lowest BCUT2D eigenvalue weighted by atomic mass is 10.0. The molecule has 0 aliphatic carbocycles. The molecule has 0 bridgehead atoms. The van der Waals surface area contributed by atoms with Gasteiger partial charge in [0.15, 0.2) is 12.0 Å². The van der Waals surface area contributed by atoms with E-state index >= 15 is 0 Å². The van der Waals surface area contributed by atoms with Crippen LogP contribution in [0.1, 0.15) is 19.4 Å². The van der Waals surface area contributed by atoms with Crippen LogP contribution in [-0.2, 0) is 6.54 Å². The zero-order valence-corrected chi connectivity index (χ0v) is 11.5. The number of rotatable bonds is 5. The third kappa shape index (κ3) is 2.71. The quantitative estimate of drug-likeness (QED) is 0.880. The normalized spacial score (nSPS) is 12.5. The Morgan fingerprint density at radius 2 is 2.17 bits per heavy atom. The first-order valence-corrected chi connectivity index (χ1v) is 6.21. The van der Waals surface area contributed by atoms with E-state index < -0.39 is 0 Å². The molecule has 4 heteroatoms. The van der Waals surface area contributed by atoms with E-state index in [9.17, 15) is 0 Å². The van der Waals surface area contributed by atoms with Gasteiger partial charge >= 0.3 is 0 Å². The second kappa shape index (κ2) is 5.08. The molecule has 0 saturated heterocycles. The molecule has 1 aromatic heterocycles. The minimum atomic E-state index is 0.116. The molecule has 4 nitrogen and oxygen atoms in total.